The van der Waals surface area contributed by atoms with Gasteiger partial charge in [0.25, 0.3) is 0 Å². The molecule has 0 saturated carbocycles. The second-order valence-corrected chi connectivity index (χ2v) is 4.33. The molecule has 13 heavy (non-hydrogen) atoms. The maximum atomic E-state index is 10.6. The molecule has 72 valence electrons. The van der Waals surface area contributed by atoms with Crippen molar-refractivity contribution in [2.75, 3.05) is 3.82 Å². The van der Waals surface area contributed by atoms with Gasteiger partial charge < -0.3 is 0 Å². The maximum Gasteiger partial charge on any atom is 0.374 e. The van der Waals surface area contributed by atoms with Gasteiger partial charge in [-0.15, -0.1) is 0 Å². The summed E-state index contributed by atoms with van der Waals surface area (Å²) in [5.74, 6) is 0. The molecular formula is C7H8ClNO3S. The quantitative estimate of drug-likeness (QED) is 0.612. The molecule has 1 N–H and O–H groups in total. The first-order valence-corrected chi connectivity index (χ1v) is 5.15. The third-order valence-electron chi connectivity index (χ3n) is 1.44. The predicted octanol–water partition coefficient (Wildman–Crippen LogP) is 1.76. The summed E-state index contributed by atoms with van der Waals surface area (Å²) in [4.78, 5) is 0. The molecular weight excluding hydrogens is 214 g/mol. The van der Waals surface area contributed by atoms with Gasteiger partial charge in [-0.05, 0) is 19.1 Å². The number of anilines is 1. The van der Waals surface area contributed by atoms with Gasteiger partial charge in [0.05, 0.1) is 5.69 Å². The fourth-order valence-corrected chi connectivity index (χ4v) is 1.30. The fraction of sp³-hybridized carbons (Fsp3) is 0.143. The highest BCUT2D eigenvalue weighted by atomic mass is 35.5. The Balaban J connectivity index is 3.04. The van der Waals surface area contributed by atoms with Crippen LogP contribution in [0, 0.1) is 6.92 Å². The van der Waals surface area contributed by atoms with Crippen LogP contribution in [0.3, 0.4) is 0 Å². The van der Waals surface area contributed by atoms with Gasteiger partial charge in [0.2, 0.25) is 0 Å². The molecule has 0 bridgehead atoms. The second kappa shape index (κ2) is 3.53. The molecule has 1 aromatic rings. The first kappa shape index (κ1) is 10.3. The third-order valence-corrected chi connectivity index (χ3v) is 2.77. The lowest BCUT2D eigenvalue weighted by Gasteiger charge is -2.10. The van der Waals surface area contributed by atoms with Gasteiger partial charge in [0.15, 0.2) is 0 Å². The Morgan fingerprint density at radius 3 is 2.15 bits per heavy atom. The van der Waals surface area contributed by atoms with E-state index in [0.29, 0.717) is 0 Å². The minimum Gasteiger partial charge on any atom is -0.268 e. The Morgan fingerprint density at radius 1 is 1.31 bits per heavy atom. The van der Waals surface area contributed by atoms with E-state index in [1.807, 2.05) is 6.92 Å². The van der Waals surface area contributed by atoms with Crippen molar-refractivity contribution in [3.8, 4) is 0 Å². The van der Waals surface area contributed by atoms with Crippen molar-refractivity contribution in [2.24, 2.45) is 0 Å². The van der Waals surface area contributed by atoms with E-state index in [9.17, 15) is 8.42 Å². The number of hydrogen-bond donors (Lipinski definition) is 1. The molecule has 0 amide bonds. The minimum atomic E-state index is -4.37. The van der Waals surface area contributed by atoms with Crippen molar-refractivity contribution < 1.29 is 13.0 Å². The predicted molar refractivity (Wildman–Crippen MR) is 51.1 cm³/mol. The molecule has 0 atom stereocenters. The lowest BCUT2D eigenvalue weighted by atomic mass is 10.2. The molecule has 4 nitrogen and oxygen atoms in total. The number of halogens is 1. The number of benzene rings is 1. The zero-order valence-electron chi connectivity index (χ0n) is 6.81. The van der Waals surface area contributed by atoms with Crippen LogP contribution in [0.5, 0.6) is 0 Å². The molecule has 0 spiro atoms. The number of rotatable bonds is 2. The van der Waals surface area contributed by atoms with Gasteiger partial charge >= 0.3 is 10.3 Å². The van der Waals surface area contributed by atoms with E-state index < -0.39 is 10.3 Å². The number of nitrogens with zero attached hydrogens (tertiary/aromatic N) is 1. The molecule has 1 aromatic carbocycles. The average molecular weight is 222 g/mol. The monoisotopic (exact) mass is 221 g/mol. The van der Waals surface area contributed by atoms with E-state index in [0.717, 1.165) is 5.56 Å². The van der Waals surface area contributed by atoms with Crippen LogP contribution in [0.25, 0.3) is 0 Å². The van der Waals surface area contributed by atoms with E-state index in [2.05, 4.69) is 0 Å². The molecule has 0 aliphatic heterocycles. The summed E-state index contributed by atoms with van der Waals surface area (Å²) in [7, 11) is -4.37. The van der Waals surface area contributed by atoms with Crippen LogP contribution in [0.2, 0.25) is 0 Å². The van der Waals surface area contributed by atoms with Gasteiger partial charge in [0.1, 0.15) is 0 Å². The summed E-state index contributed by atoms with van der Waals surface area (Å²) < 4.78 is 30.0. The minimum absolute atomic E-state index is 0.203. The van der Waals surface area contributed by atoms with Crippen molar-refractivity contribution in [1.82, 2.24) is 0 Å². The van der Waals surface area contributed by atoms with Crippen molar-refractivity contribution >= 4 is 27.8 Å². The Morgan fingerprint density at radius 2 is 1.77 bits per heavy atom. The lowest BCUT2D eigenvalue weighted by molar-refractivity contribution is 0.485. The van der Waals surface area contributed by atoms with Gasteiger partial charge in [0, 0.05) is 11.8 Å². The van der Waals surface area contributed by atoms with Crippen LogP contribution < -0.4 is 3.82 Å². The van der Waals surface area contributed by atoms with E-state index in [4.69, 9.17) is 16.3 Å². The summed E-state index contributed by atoms with van der Waals surface area (Å²) >= 11 is 5.33. The highest BCUT2D eigenvalue weighted by Crippen LogP contribution is 2.19. The molecule has 0 heterocycles. The fourth-order valence-electron chi connectivity index (χ4n) is 0.795. The molecule has 0 radical (unpaired) electrons. The Bertz CT molecular complexity index is 387. The highest BCUT2D eigenvalue weighted by Gasteiger charge is 2.16. The largest absolute Gasteiger partial charge is 0.374 e. The van der Waals surface area contributed by atoms with Crippen LogP contribution in [0.1, 0.15) is 5.56 Å². The van der Waals surface area contributed by atoms with Crippen molar-refractivity contribution in [3.05, 3.63) is 29.8 Å². The zero-order valence-corrected chi connectivity index (χ0v) is 8.38. The molecule has 0 aliphatic rings. The standard InChI is InChI=1S/C7H8ClNO3S/c1-6-2-4-7(5-3-6)9(8)13(10,11)12/h2-5H,1H3,(H,10,11,12). The highest BCUT2D eigenvalue weighted by molar-refractivity contribution is 7.88. The molecule has 0 aromatic heterocycles. The van der Waals surface area contributed by atoms with E-state index in [1.54, 1.807) is 12.1 Å². The summed E-state index contributed by atoms with van der Waals surface area (Å²) in [6.45, 7) is 1.86. The maximum absolute atomic E-state index is 10.6. The first-order chi connectivity index (χ1) is 5.91. The third kappa shape index (κ3) is 2.58. The average Bonchev–Trinajstić information content (AvgIpc) is 2.03. The summed E-state index contributed by atoms with van der Waals surface area (Å²) in [5, 5.41) is 0. The van der Waals surface area contributed by atoms with Crippen LogP contribution >= 0.6 is 11.8 Å². The summed E-state index contributed by atoms with van der Waals surface area (Å²) in [5.41, 5.74) is 1.18. The smallest absolute Gasteiger partial charge is 0.268 e. The molecule has 0 aliphatic carbocycles. The van der Waals surface area contributed by atoms with Crippen LogP contribution in [0.15, 0.2) is 24.3 Å². The van der Waals surface area contributed by atoms with Crippen molar-refractivity contribution in [3.63, 3.8) is 0 Å². The van der Waals surface area contributed by atoms with Gasteiger partial charge in [-0.25, -0.2) is 0 Å². The van der Waals surface area contributed by atoms with Gasteiger partial charge in [-0.3, -0.25) is 4.55 Å². The Labute approximate surface area is 81.7 Å². The zero-order chi connectivity index (χ0) is 10.1. The molecule has 0 unspecified atom stereocenters. The van der Waals surface area contributed by atoms with Crippen molar-refractivity contribution in [1.29, 1.82) is 0 Å². The molecule has 1 rings (SSSR count). The Kier molecular flexibility index (Phi) is 2.80. The van der Waals surface area contributed by atoms with E-state index in [-0.39, 0.29) is 9.51 Å². The molecule has 6 heteroatoms. The second-order valence-electron chi connectivity index (χ2n) is 2.53. The Hall–Kier alpha value is -0.780. The van der Waals surface area contributed by atoms with Crippen LogP contribution in [-0.2, 0) is 10.3 Å². The topological polar surface area (TPSA) is 57.6 Å². The van der Waals surface area contributed by atoms with Crippen LogP contribution in [0.4, 0.5) is 5.69 Å². The van der Waals surface area contributed by atoms with E-state index >= 15 is 0 Å². The first-order valence-electron chi connectivity index (χ1n) is 3.41. The van der Waals surface area contributed by atoms with Crippen LogP contribution in [-0.4, -0.2) is 13.0 Å². The van der Waals surface area contributed by atoms with Gasteiger partial charge in [-0.1, -0.05) is 17.7 Å². The van der Waals surface area contributed by atoms with Gasteiger partial charge in [-0.2, -0.15) is 12.2 Å². The number of hydrogen-bond acceptors (Lipinski definition) is 2. The summed E-state index contributed by atoms with van der Waals surface area (Å²) in [6, 6.07) is 6.37. The van der Waals surface area contributed by atoms with E-state index in [1.165, 1.54) is 12.1 Å². The lowest BCUT2D eigenvalue weighted by Crippen LogP contribution is -2.19. The number of aryl methyl sites for hydroxylation is 1. The SMILES string of the molecule is Cc1ccc(N(Cl)S(=O)(=O)O)cc1. The molecule has 0 saturated heterocycles. The normalized spacial score (nSPS) is 11.3. The molecule has 0 fully saturated rings. The van der Waals surface area contributed by atoms with Crippen molar-refractivity contribution in [2.45, 2.75) is 6.92 Å². The summed E-state index contributed by atoms with van der Waals surface area (Å²) in [6.07, 6.45) is 0.